The summed E-state index contributed by atoms with van der Waals surface area (Å²) in [6.07, 6.45) is 0.414. The van der Waals surface area contributed by atoms with Crippen LogP contribution in [0.15, 0.2) is 16.5 Å². The molecule has 1 aromatic heterocycles. The molecule has 0 bridgehead atoms. The summed E-state index contributed by atoms with van der Waals surface area (Å²) in [4.78, 5) is 22.6. The first-order valence-electron chi connectivity index (χ1n) is 6.67. The highest BCUT2D eigenvalue weighted by Crippen LogP contribution is 2.08. The lowest BCUT2D eigenvalue weighted by molar-refractivity contribution is -0.121. The minimum atomic E-state index is -0.496. The van der Waals surface area contributed by atoms with E-state index in [1.54, 1.807) is 12.1 Å². The Balaban J connectivity index is 2.19. The molecule has 0 aliphatic rings. The molecular formula is C14H22N2O4. The van der Waals surface area contributed by atoms with Crippen molar-refractivity contribution in [1.29, 1.82) is 0 Å². The molecule has 6 heteroatoms. The SMILES string of the molecule is COC(=O)c1ccc(CNCCC(=O)NCC(C)C)o1. The lowest BCUT2D eigenvalue weighted by atomic mass is 10.2. The van der Waals surface area contributed by atoms with Crippen LogP contribution < -0.4 is 10.6 Å². The molecule has 112 valence electrons. The Hall–Kier alpha value is -1.82. The van der Waals surface area contributed by atoms with E-state index in [4.69, 9.17) is 4.42 Å². The smallest absolute Gasteiger partial charge is 0.373 e. The van der Waals surface area contributed by atoms with Crippen LogP contribution >= 0.6 is 0 Å². The Bertz CT molecular complexity index is 440. The number of furan rings is 1. The predicted octanol–water partition coefficient (Wildman–Crippen LogP) is 1.32. The first kappa shape index (κ1) is 16.2. The van der Waals surface area contributed by atoms with E-state index < -0.39 is 5.97 Å². The standard InChI is InChI=1S/C14H22N2O4/c1-10(2)8-16-13(17)6-7-15-9-11-4-5-12(20-11)14(18)19-3/h4-5,10,15H,6-9H2,1-3H3,(H,16,17). The van der Waals surface area contributed by atoms with Gasteiger partial charge in [0.05, 0.1) is 13.7 Å². The van der Waals surface area contributed by atoms with Crippen molar-refractivity contribution in [2.75, 3.05) is 20.2 Å². The number of ether oxygens (including phenoxy) is 1. The molecule has 0 aliphatic heterocycles. The molecule has 0 spiro atoms. The van der Waals surface area contributed by atoms with E-state index >= 15 is 0 Å². The van der Waals surface area contributed by atoms with Crippen molar-refractivity contribution in [2.45, 2.75) is 26.8 Å². The molecule has 2 N–H and O–H groups in total. The maximum atomic E-state index is 11.5. The molecule has 0 fully saturated rings. The topological polar surface area (TPSA) is 80.6 Å². The Morgan fingerprint density at radius 2 is 2.10 bits per heavy atom. The summed E-state index contributed by atoms with van der Waals surface area (Å²) in [7, 11) is 1.30. The first-order chi connectivity index (χ1) is 9.52. The third kappa shape index (κ3) is 5.88. The molecule has 20 heavy (non-hydrogen) atoms. The second-order valence-corrected chi connectivity index (χ2v) is 4.88. The van der Waals surface area contributed by atoms with E-state index in [0.717, 1.165) is 0 Å². The van der Waals surface area contributed by atoms with Gasteiger partial charge in [0.2, 0.25) is 11.7 Å². The number of hydrogen-bond acceptors (Lipinski definition) is 5. The fourth-order valence-electron chi connectivity index (χ4n) is 1.50. The highest BCUT2D eigenvalue weighted by Gasteiger charge is 2.10. The zero-order valence-corrected chi connectivity index (χ0v) is 12.2. The zero-order chi connectivity index (χ0) is 15.0. The number of esters is 1. The second-order valence-electron chi connectivity index (χ2n) is 4.88. The van der Waals surface area contributed by atoms with Crippen molar-refractivity contribution in [1.82, 2.24) is 10.6 Å². The zero-order valence-electron chi connectivity index (χ0n) is 12.2. The van der Waals surface area contributed by atoms with Gasteiger partial charge in [-0.15, -0.1) is 0 Å². The summed E-state index contributed by atoms with van der Waals surface area (Å²) >= 11 is 0. The lowest BCUT2D eigenvalue weighted by Gasteiger charge is -2.07. The molecule has 1 aromatic rings. The van der Waals surface area contributed by atoms with Gasteiger partial charge in [-0.05, 0) is 18.1 Å². The quantitative estimate of drug-likeness (QED) is 0.555. The number of amides is 1. The average molecular weight is 282 g/mol. The van der Waals surface area contributed by atoms with E-state index in [9.17, 15) is 9.59 Å². The minimum absolute atomic E-state index is 0.0286. The van der Waals surface area contributed by atoms with Crippen LogP contribution in [0.3, 0.4) is 0 Å². The van der Waals surface area contributed by atoms with Crippen LogP contribution in [0.1, 0.15) is 36.6 Å². The fraction of sp³-hybridized carbons (Fsp3) is 0.571. The summed E-state index contributed by atoms with van der Waals surface area (Å²) in [5.41, 5.74) is 0. The third-order valence-corrected chi connectivity index (χ3v) is 2.58. The van der Waals surface area contributed by atoms with Gasteiger partial charge in [-0.3, -0.25) is 4.79 Å². The van der Waals surface area contributed by atoms with Crippen molar-refractivity contribution in [2.24, 2.45) is 5.92 Å². The second kappa shape index (κ2) is 8.37. The van der Waals surface area contributed by atoms with Gasteiger partial charge in [-0.25, -0.2) is 4.79 Å². The Kier molecular flexibility index (Phi) is 6.79. The van der Waals surface area contributed by atoms with Crippen LogP contribution in [0.5, 0.6) is 0 Å². The maximum absolute atomic E-state index is 11.5. The van der Waals surface area contributed by atoms with Gasteiger partial charge in [0.25, 0.3) is 0 Å². The van der Waals surface area contributed by atoms with Crippen LogP contribution in [0, 0.1) is 5.92 Å². The molecule has 0 aliphatic carbocycles. The van der Waals surface area contributed by atoms with Gasteiger partial charge in [0.15, 0.2) is 0 Å². The highest BCUT2D eigenvalue weighted by molar-refractivity contribution is 5.86. The van der Waals surface area contributed by atoms with Crippen LogP contribution in [0.2, 0.25) is 0 Å². The van der Waals surface area contributed by atoms with E-state index in [1.165, 1.54) is 7.11 Å². The molecule has 6 nitrogen and oxygen atoms in total. The summed E-state index contributed by atoms with van der Waals surface area (Å²) in [6, 6.07) is 3.27. The van der Waals surface area contributed by atoms with E-state index in [0.29, 0.717) is 37.7 Å². The fourth-order valence-corrected chi connectivity index (χ4v) is 1.50. The summed E-state index contributed by atoms with van der Waals surface area (Å²) in [5.74, 6) is 0.795. The lowest BCUT2D eigenvalue weighted by Crippen LogP contribution is -2.30. The number of nitrogens with one attached hydrogen (secondary N) is 2. The Morgan fingerprint density at radius 1 is 1.35 bits per heavy atom. The van der Waals surface area contributed by atoms with Gasteiger partial charge < -0.3 is 19.8 Å². The van der Waals surface area contributed by atoms with E-state index in [2.05, 4.69) is 15.4 Å². The highest BCUT2D eigenvalue weighted by atomic mass is 16.5. The molecule has 1 heterocycles. The molecule has 0 radical (unpaired) electrons. The molecule has 1 amide bonds. The number of carbonyl (C=O) groups excluding carboxylic acids is 2. The molecule has 1 rings (SSSR count). The Labute approximate surface area is 118 Å². The van der Waals surface area contributed by atoms with Crippen LogP contribution in [0.25, 0.3) is 0 Å². The van der Waals surface area contributed by atoms with Crippen molar-refractivity contribution >= 4 is 11.9 Å². The first-order valence-corrected chi connectivity index (χ1v) is 6.67. The maximum Gasteiger partial charge on any atom is 0.373 e. The summed E-state index contributed by atoms with van der Waals surface area (Å²) < 4.78 is 9.83. The molecule has 0 atom stereocenters. The van der Waals surface area contributed by atoms with E-state index in [1.807, 2.05) is 13.8 Å². The minimum Gasteiger partial charge on any atom is -0.463 e. The monoisotopic (exact) mass is 282 g/mol. The molecule has 0 saturated carbocycles. The van der Waals surface area contributed by atoms with Crippen molar-refractivity contribution in [3.63, 3.8) is 0 Å². The number of rotatable bonds is 8. The number of methoxy groups -OCH3 is 1. The average Bonchev–Trinajstić information content (AvgIpc) is 2.89. The van der Waals surface area contributed by atoms with Gasteiger partial charge in [-0.1, -0.05) is 13.8 Å². The van der Waals surface area contributed by atoms with Gasteiger partial charge in [0.1, 0.15) is 5.76 Å². The number of hydrogen-bond donors (Lipinski definition) is 2. The molecule has 0 saturated heterocycles. The summed E-state index contributed by atoms with van der Waals surface area (Å²) in [6.45, 7) is 5.81. The van der Waals surface area contributed by atoms with Crippen LogP contribution in [-0.4, -0.2) is 32.1 Å². The Morgan fingerprint density at radius 3 is 2.75 bits per heavy atom. The summed E-state index contributed by atoms with van der Waals surface area (Å²) in [5, 5.41) is 5.93. The predicted molar refractivity (Wildman–Crippen MR) is 74.2 cm³/mol. The third-order valence-electron chi connectivity index (χ3n) is 2.58. The molecule has 0 aromatic carbocycles. The number of carbonyl (C=O) groups is 2. The van der Waals surface area contributed by atoms with Crippen LogP contribution in [0.4, 0.5) is 0 Å². The van der Waals surface area contributed by atoms with E-state index in [-0.39, 0.29) is 11.7 Å². The van der Waals surface area contributed by atoms with Crippen molar-refractivity contribution < 1.29 is 18.7 Å². The van der Waals surface area contributed by atoms with Crippen molar-refractivity contribution in [3.8, 4) is 0 Å². The van der Waals surface area contributed by atoms with Crippen LogP contribution in [-0.2, 0) is 16.1 Å². The largest absolute Gasteiger partial charge is 0.463 e. The molecule has 0 unspecified atom stereocenters. The van der Waals surface area contributed by atoms with Gasteiger partial charge >= 0.3 is 5.97 Å². The van der Waals surface area contributed by atoms with Gasteiger partial charge in [-0.2, -0.15) is 0 Å². The van der Waals surface area contributed by atoms with Crippen molar-refractivity contribution in [3.05, 3.63) is 23.7 Å². The molecular weight excluding hydrogens is 260 g/mol. The normalized spacial score (nSPS) is 10.6. The van der Waals surface area contributed by atoms with Gasteiger partial charge in [0, 0.05) is 19.5 Å².